The largest absolute Gasteiger partial charge is 0.341 e. The Morgan fingerprint density at radius 1 is 1.03 bits per heavy atom. The first kappa shape index (κ1) is 22.7. The van der Waals surface area contributed by atoms with Gasteiger partial charge in [-0.25, -0.2) is 0 Å². The summed E-state index contributed by atoms with van der Waals surface area (Å²) in [6.07, 6.45) is 2.42. The predicted octanol–water partition coefficient (Wildman–Crippen LogP) is 4.00. The summed E-state index contributed by atoms with van der Waals surface area (Å²) in [4.78, 5) is 33.0. The van der Waals surface area contributed by atoms with Crippen molar-refractivity contribution in [3.05, 3.63) is 71.5 Å². The van der Waals surface area contributed by atoms with Crippen molar-refractivity contribution in [3.8, 4) is 11.5 Å². The highest BCUT2D eigenvalue weighted by molar-refractivity contribution is 6.02. The number of hydrogen-bond donors (Lipinski definition) is 1. The number of likely N-dealkylation sites (tertiary alicyclic amines) is 1. The SMILES string of the molecule is CC(C)(C)c1noc(-c2ccccc2C(=O)NC(Cc2ccccc2)C(=O)N2CCCC2)n1. The van der Waals surface area contributed by atoms with Crippen molar-refractivity contribution >= 4 is 11.8 Å². The van der Waals surface area contributed by atoms with Crippen LogP contribution < -0.4 is 5.32 Å². The zero-order chi connectivity index (χ0) is 23.4. The van der Waals surface area contributed by atoms with Crippen molar-refractivity contribution in [2.24, 2.45) is 0 Å². The van der Waals surface area contributed by atoms with Crippen LogP contribution in [0.5, 0.6) is 0 Å². The molecule has 2 heterocycles. The molecular weight excluding hydrogens is 416 g/mol. The van der Waals surface area contributed by atoms with E-state index in [-0.39, 0.29) is 23.1 Å². The van der Waals surface area contributed by atoms with Gasteiger partial charge in [0.2, 0.25) is 5.91 Å². The van der Waals surface area contributed by atoms with E-state index in [4.69, 9.17) is 4.52 Å². The maximum absolute atomic E-state index is 13.4. The molecule has 2 aromatic carbocycles. The minimum absolute atomic E-state index is 0.0463. The number of aromatic nitrogens is 2. The van der Waals surface area contributed by atoms with E-state index in [1.807, 2.05) is 62.1 Å². The van der Waals surface area contributed by atoms with Crippen LogP contribution in [0.1, 0.15) is 55.4 Å². The molecule has 0 saturated carbocycles. The molecule has 7 nitrogen and oxygen atoms in total. The van der Waals surface area contributed by atoms with Crippen LogP contribution in [0.2, 0.25) is 0 Å². The van der Waals surface area contributed by atoms with Crippen molar-refractivity contribution in [1.82, 2.24) is 20.4 Å². The van der Waals surface area contributed by atoms with E-state index in [2.05, 4.69) is 15.5 Å². The average Bonchev–Trinajstić information content (AvgIpc) is 3.51. The second-order valence-corrected chi connectivity index (χ2v) is 9.47. The van der Waals surface area contributed by atoms with Gasteiger partial charge < -0.3 is 14.7 Å². The number of amides is 2. The molecule has 1 N–H and O–H groups in total. The van der Waals surface area contributed by atoms with E-state index in [1.54, 1.807) is 18.2 Å². The number of nitrogens with zero attached hydrogens (tertiary/aromatic N) is 3. The molecule has 1 aromatic heterocycles. The lowest BCUT2D eigenvalue weighted by Gasteiger charge is -2.24. The highest BCUT2D eigenvalue weighted by Gasteiger charge is 2.30. The molecule has 0 aliphatic carbocycles. The number of benzene rings is 2. The Bertz CT molecular complexity index is 1110. The van der Waals surface area contributed by atoms with Crippen LogP contribution >= 0.6 is 0 Å². The zero-order valence-corrected chi connectivity index (χ0v) is 19.4. The molecule has 4 rings (SSSR count). The van der Waals surface area contributed by atoms with Gasteiger partial charge in [-0.05, 0) is 30.5 Å². The fourth-order valence-electron chi connectivity index (χ4n) is 3.95. The summed E-state index contributed by atoms with van der Waals surface area (Å²) in [6, 6.07) is 16.2. The number of rotatable bonds is 6. The van der Waals surface area contributed by atoms with E-state index in [9.17, 15) is 9.59 Å². The van der Waals surface area contributed by atoms with Gasteiger partial charge >= 0.3 is 0 Å². The Labute approximate surface area is 194 Å². The maximum atomic E-state index is 13.4. The van der Waals surface area contributed by atoms with E-state index in [0.717, 1.165) is 31.5 Å². The molecule has 33 heavy (non-hydrogen) atoms. The normalized spacial score (nSPS) is 14.8. The Balaban J connectivity index is 1.60. The van der Waals surface area contributed by atoms with Crippen molar-refractivity contribution < 1.29 is 14.1 Å². The van der Waals surface area contributed by atoms with Crippen molar-refractivity contribution in [1.29, 1.82) is 0 Å². The van der Waals surface area contributed by atoms with Gasteiger partial charge in [-0.1, -0.05) is 68.4 Å². The maximum Gasteiger partial charge on any atom is 0.258 e. The molecule has 0 radical (unpaired) electrons. The highest BCUT2D eigenvalue weighted by Crippen LogP contribution is 2.26. The molecule has 1 fully saturated rings. The number of nitrogens with one attached hydrogen (secondary N) is 1. The first-order valence-corrected chi connectivity index (χ1v) is 11.4. The minimum Gasteiger partial charge on any atom is -0.341 e. The van der Waals surface area contributed by atoms with Gasteiger partial charge in [-0.3, -0.25) is 9.59 Å². The molecule has 1 unspecified atom stereocenters. The molecule has 0 spiro atoms. The Morgan fingerprint density at radius 2 is 1.70 bits per heavy atom. The van der Waals surface area contributed by atoms with E-state index in [0.29, 0.717) is 23.4 Å². The summed E-state index contributed by atoms with van der Waals surface area (Å²) in [5, 5.41) is 7.07. The summed E-state index contributed by atoms with van der Waals surface area (Å²) in [7, 11) is 0. The van der Waals surface area contributed by atoms with Crippen LogP contribution in [0.25, 0.3) is 11.5 Å². The number of carbonyl (C=O) groups excluding carboxylic acids is 2. The van der Waals surface area contributed by atoms with Gasteiger partial charge in [-0.2, -0.15) is 4.98 Å². The molecule has 2 amide bonds. The third-order valence-electron chi connectivity index (χ3n) is 5.80. The molecular formula is C26H30N4O3. The van der Waals surface area contributed by atoms with Gasteiger partial charge in [0.1, 0.15) is 6.04 Å². The van der Waals surface area contributed by atoms with Gasteiger partial charge in [0, 0.05) is 24.9 Å². The highest BCUT2D eigenvalue weighted by atomic mass is 16.5. The van der Waals surface area contributed by atoms with Gasteiger partial charge in [0.05, 0.1) is 11.1 Å². The molecule has 3 aromatic rings. The van der Waals surface area contributed by atoms with Crippen molar-refractivity contribution in [3.63, 3.8) is 0 Å². The molecule has 7 heteroatoms. The summed E-state index contributed by atoms with van der Waals surface area (Å²) in [6.45, 7) is 7.46. The molecule has 0 bridgehead atoms. The average molecular weight is 447 g/mol. The summed E-state index contributed by atoms with van der Waals surface area (Å²) in [5.41, 5.74) is 1.66. The summed E-state index contributed by atoms with van der Waals surface area (Å²) >= 11 is 0. The van der Waals surface area contributed by atoms with E-state index >= 15 is 0 Å². The second kappa shape index (κ2) is 9.57. The molecule has 1 aliphatic heterocycles. The molecule has 1 atom stereocenters. The molecule has 1 aliphatic rings. The quantitative estimate of drug-likeness (QED) is 0.618. The van der Waals surface area contributed by atoms with Crippen LogP contribution in [-0.2, 0) is 16.6 Å². The lowest BCUT2D eigenvalue weighted by Crippen LogP contribution is -2.49. The molecule has 1 saturated heterocycles. The number of hydrogen-bond acceptors (Lipinski definition) is 5. The lowest BCUT2D eigenvalue weighted by atomic mass is 9.96. The first-order valence-electron chi connectivity index (χ1n) is 11.4. The first-order chi connectivity index (χ1) is 15.8. The fourth-order valence-corrected chi connectivity index (χ4v) is 3.95. The van der Waals surface area contributed by atoms with E-state index in [1.165, 1.54) is 0 Å². The third kappa shape index (κ3) is 5.30. The van der Waals surface area contributed by atoms with Gasteiger partial charge in [-0.15, -0.1) is 0 Å². The number of carbonyl (C=O) groups is 2. The van der Waals surface area contributed by atoms with Crippen molar-refractivity contribution in [2.45, 2.75) is 51.5 Å². The van der Waals surface area contributed by atoms with Crippen LogP contribution in [0, 0.1) is 0 Å². The van der Waals surface area contributed by atoms with Crippen LogP contribution in [0.3, 0.4) is 0 Å². The predicted molar refractivity (Wildman–Crippen MR) is 126 cm³/mol. The summed E-state index contributed by atoms with van der Waals surface area (Å²) < 4.78 is 5.48. The van der Waals surface area contributed by atoms with Crippen LogP contribution in [-0.4, -0.2) is 46.0 Å². The van der Waals surface area contributed by atoms with Gasteiger partial charge in [0.25, 0.3) is 11.8 Å². The molecule has 172 valence electrons. The second-order valence-electron chi connectivity index (χ2n) is 9.47. The third-order valence-corrected chi connectivity index (χ3v) is 5.80. The van der Waals surface area contributed by atoms with Crippen LogP contribution in [0.4, 0.5) is 0 Å². The topological polar surface area (TPSA) is 88.3 Å². The smallest absolute Gasteiger partial charge is 0.258 e. The standard InChI is InChI=1S/C26H30N4O3/c1-26(2,3)25-28-23(33-29-25)20-14-8-7-13-19(20)22(31)27-21(17-18-11-5-4-6-12-18)24(32)30-15-9-10-16-30/h4-8,11-14,21H,9-10,15-17H2,1-3H3,(H,27,31). The lowest BCUT2D eigenvalue weighted by molar-refractivity contribution is -0.132. The Kier molecular flexibility index (Phi) is 6.58. The van der Waals surface area contributed by atoms with E-state index < -0.39 is 6.04 Å². The summed E-state index contributed by atoms with van der Waals surface area (Å²) in [5.74, 6) is 0.472. The van der Waals surface area contributed by atoms with Crippen molar-refractivity contribution in [2.75, 3.05) is 13.1 Å². The van der Waals surface area contributed by atoms with Gasteiger partial charge in [0.15, 0.2) is 5.82 Å². The monoisotopic (exact) mass is 446 g/mol. The zero-order valence-electron chi connectivity index (χ0n) is 19.4. The Hall–Kier alpha value is -3.48. The van der Waals surface area contributed by atoms with Crippen LogP contribution in [0.15, 0.2) is 59.1 Å². The fraction of sp³-hybridized carbons (Fsp3) is 0.385. The Morgan fingerprint density at radius 3 is 2.36 bits per heavy atom. The minimum atomic E-state index is -0.654.